The molecule has 0 radical (unpaired) electrons. The standard InChI is InChI=1S/C16H14O7/c1-9(17)20-11-7-8-12(18)21-14(11)15-13(22-16(19)23-15)10-5-3-2-4-6-10/h2-8,11,13-15H,1H3/t11-,13-,14+,15-/m0/s1. The second-order valence-electron chi connectivity index (χ2n) is 5.12. The summed E-state index contributed by atoms with van der Waals surface area (Å²) in [7, 11) is 0. The van der Waals surface area contributed by atoms with Crippen LogP contribution in [0.5, 0.6) is 0 Å². The van der Waals surface area contributed by atoms with E-state index >= 15 is 0 Å². The smallest absolute Gasteiger partial charge is 0.454 e. The van der Waals surface area contributed by atoms with E-state index in [0.717, 1.165) is 0 Å². The summed E-state index contributed by atoms with van der Waals surface area (Å²) >= 11 is 0. The van der Waals surface area contributed by atoms with Gasteiger partial charge in [0.2, 0.25) is 0 Å². The fourth-order valence-electron chi connectivity index (χ4n) is 2.59. The Morgan fingerprint density at radius 2 is 1.78 bits per heavy atom. The lowest BCUT2D eigenvalue weighted by Crippen LogP contribution is -2.46. The van der Waals surface area contributed by atoms with Crippen molar-refractivity contribution < 1.29 is 33.3 Å². The van der Waals surface area contributed by atoms with Crippen LogP contribution in [-0.2, 0) is 28.5 Å². The molecule has 0 amide bonds. The van der Waals surface area contributed by atoms with Gasteiger partial charge in [-0.3, -0.25) is 4.79 Å². The van der Waals surface area contributed by atoms with E-state index in [9.17, 15) is 14.4 Å². The van der Waals surface area contributed by atoms with Gasteiger partial charge in [-0.1, -0.05) is 30.3 Å². The molecule has 1 fully saturated rings. The fraction of sp³-hybridized carbons (Fsp3) is 0.312. The van der Waals surface area contributed by atoms with E-state index in [1.165, 1.54) is 19.1 Å². The molecule has 0 spiro atoms. The number of carbonyl (C=O) groups is 3. The number of esters is 2. The molecule has 0 N–H and O–H groups in total. The van der Waals surface area contributed by atoms with Gasteiger partial charge in [-0.05, 0) is 11.6 Å². The largest absolute Gasteiger partial charge is 0.509 e. The summed E-state index contributed by atoms with van der Waals surface area (Å²) in [5.41, 5.74) is 0.690. The van der Waals surface area contributed by atoms with Gasteiger partial charge in [0, 0.05) is 13.0 Å². The van der Waals surface area contributed by atoms with Crippen LogP contribution in [0.1, 0.15) is 18.6 Å². The van der Waals surface area contributed by atoms with Crippen LogP contribution in [-0.4, -0.2) is 36.4 Å². The lowest BCUT2D eigenvalue weighted by atomic mass is 9.96. The van der Waals surface area contributed by atoms with Crippen LogP contribution in [0.3, 0.4) is 0 Å². The molecule has 120 valence electrons. The van der Waals surface area contributed by atoms with Gasteiger partial charge in [0.25, 0.3) is 0 Å². The van der Waals surface area contributed by atoms with Crippen LogP contribution >= 0.6 is 0 Å². The fourth-order valence-corrected chi connectivity index (χ4v) is 2.59. The number of ether oxygens (including phenoxy) is 4. The molecule has 0 aromatic heterocycles. The summed E-state index contributed by atoms with van der Waals surface area (Å²) in [6, 6.07) is 8.92. The SMILES string of the molecule is CC(=O)O[C@H]1C=CC(=O)O[C@H]1[C@H]1OC(=O)O[C@H]1c1ccccc1. The van der Waals surface area contributed by atoms with Crippen molar-refractivity contribution in [3.8, 4) is 0 Å². The Morgan fingerprint density at radius 1 is 1.04 bits per heavy atom. The van der Waals surface area contributed by atoms with E-state index in [2.05, 4.69) is 0 Å². The third-order valence-electron chi connectivity index (χ3n) is 3.51. The molecule has 23 heavy (non-hydrogen) atoms. The van der Waals surface area contributed by atoms with Gasteiger partial charge in [0.05, 0.1) is 0 Å². The lowest BCUT2D eigenvalue weighted by molar-refractivity contribution is -0.171. The third kappa shape index (κ3) is 3.18. The maximum atomic E-state index is 11.6. The van der Waals surface area contributed by atoms with Gasteiger partial charge >= 0.3 is 18.1 Å². The zero-order chi connectivity index (χ0) is 16.4. The molecule has 0 saturated carbocycles. The molecule has 1 aromatic rings. The van der Waals surface area contributed by atoms with Gasteiger partial charge in [-0.25, -0.2) is 9.59 Å². The van der Waals surface area contributed by atoms with Gasteiger partial charge in [-0.15, -0.1) is 0 Å². The van der Waals surface area contributed by atoms with E-state index < -0.39 is 42.5 Å². The quantitative estimate of drug-likeness (QED) is 0.619. The van der Waals surface area contributed by atoms with E-state index in [1.54, 1.807) is 24.3 Å². The van der Waals surface area contributed by atoms with Gasteiger partial charge in [-0.2, -0.15) is 0 Å². The Bertz CT molecular complexity index is 652. The molecule has 2 heterocycles. The maximum absolute atomic E-state index is 11.6. The van der Waals surface area contributed by atoms with Crippen molar-refractivity contribution in [3.63, 3.8) is 0 Å². The Kier molecular flexibility index (Phi) is 4.01. The molecule has 4 atom stereocenters. The number of hydrogen-bond donors (Lipinski definition) is 0. The predicted molar refractivity (Wildman–Crippen MR) is 75.1 cm³/mol. The van der Waals surface area contributed by atoms with Crippen molar-refractivity contribution in [1.82, 2.24) is 0 Å². The van der Waals surface area contributed by atoms with Crippen molar-refractivity contribution in [3.05, 3.63) is 48.0 Å². The lowest BCUT2D eigenvalue weighted by Gasteiger charge is -2.31. The number of benzene rings is 1. The summed E-state index contributed by atoms with van der Waals surface area (Å²) in [5.74, 6) is -1.14. The van der Waals surface area contributed by atoms with Gasteiger partial charge < -0.3 is 18.9 Å². The van der Waals surface area contributed by atoms with Crippen LogP contribution in [0.15, 0.2) is 42.5 Å². The molecule has 0 unspecified atom stereocenters. The number of cyclic esters (lactones) is 3. The Morgan fingerprint density at radius 3 is 2.48 bits per heavy atom. The molecular formula is C16H14O7. The molecule has 2 aliphatic rings. The summed E-state index contributed by atoms with van der Waals surface area (Å²) in [6.45, 7) is 1.24. The van der Waals surface area contributed by atoms with Crippen molar-refractivity contribution in [2.75, 3.05) is 0 Å². The van der Waals surface area contributed by atoms with E-state index in [1.807, 2.05) is 6.07 Å². The molecule has 0 bridgehead atoms. The Labute approximate surface area is 131 Å². The topological polar surface area (TPSA) is 88.1 Å². The molecule has 2 aliphatic heterocycles. The van der Waals surface area contributed by atoms with Crippen LogP contribution in [0.2, 0.25) is 0 Å². The van der Waals surface area contributed by atoms with Gasteiger partial charge in [0.1, 0.15) is 0 Å². The normalized spacial score (nSPS) is 29.4. The third-order valence-corrected chi connectivity index (χ3v) is 3.51. The highest BCUT2D eigenvalue weighted by Crippen LogP contribution is 2.35. The monoisotopic (exact) mass is 318 g/mol. The van der Waals surface area contributed by atoms with E-state index in [4.69, 9.17) is 18.9 Å². The zero-order valence-corrected chi connectivity index (χ0v) is 12.2. The average Bonchev–Trinajstić information content (AvgIpc) is 2.91. The molecular weight excluding hydrogens is 304 g/mol. The number of carbonyl (C=O) groups excluding carboxylic acids is 3. The van der Waals surface area contributed by atoms with Crippen LogP contribution in [0, 0.1) is 0 Å². The minimum absolute atomic E-state index is 0.538. The first-order valence-electron chi connectivity index (χ1n) is 7.03. The van der Waals surface area contributed by atoms with E-state index in [-0.39, 0.29) is 0 Å². The van der Waals surface area contributed by atoms with Crippen LogP contribution < -0.4 is 0 Å². The summed E-state index contributed by atoms with van der Waals surface area (Å²) < 4.78 is 20.7. The highest BCUT2D eigenvalue weighted by Gasteiger charge is 2.49. The van der Waals surface area contributed by atoms with Crippen LogP contribution in [0.25, 0.3) is 0 Å². The first-order valence-corrected chi connectivity index (χ1v) is 7.03. The first-order chi connectivity index (χ1) is 11.0. The Balaban J connectivity index is 1.90. The summed E-state index contributed by atoms with van der Waals surface area (Å²) in [4.78, 5) is 34.4. The summed E-state index contributed by atoms with van der Waals surface area (Å²) in [6.07, 6.45) is -1.79. The van der Waals surface area contributed by atoms with Crippen molar-refractivity contribution >= 4 is 18.1 Å². The van der Waals surface area contributed by atoms with Gasteiger partial charge in [0.15, 0.2) is 24.4 Å². The van der Waals surface area contributed by atoms with Crippen molar-refractivity contribution in [1.29, 1.82) is 0 Å². The first kappa shape index (κ1) is 15.1. The molecule has 7 heteroatoms. The van der Waals surface area contributed by atoms with Crippen molar-refractivity contribution in [2.45, 2.75) is 31.3 Å². The predicted octanol–water partition coefficient (Wildman–Crippen LogP) is 1.68. The molecule has 7 nitrogen and oxygen atoms in total. The minimum Gasteiger partial charge on any atom is -0.454 e. The second-order valence-corrected chi connectivity index (χ2v) is 5.12. The second kappa shape index (κ2) is 6.12. The number of rotatable bonds is 3. The van der Waals surface area contributed by atoms with Crippen LogP contribution in [0.4, 0.5) is 4.79 Å². The minimum atomic E-state index is -0.979. The molecule has 1 saturated heterocycles. The maximum Gasteiger partial charge on any atom is 0.509 e. The van der Waals surface area contributed by atoms with E-state index in [0.29, 0.717) is 5.56 Å². The Hall–Kier alpha value is -2.83. The zero-order valence-electron chi connectivity index (χ0n) is 12.2. The average molecular weight is 318 g/mol. The summed E-state index contributed by atoms with van der Waals surface area (Å²) in [5, 5.41) is 0. The number of hydrogen-bond acceptors (Lipinski definition) is 7. The molecule has 3 rings (SSSR count). The molecule has 0 aliphatic carbocycles. The molecule has 1 aromatic carbocycles. The highest BCUT2D eigenvalue weighted by atomic mass is 16.8. The van der Waals surface area contributed by atoms with Crippen molar-refractivity contribution in [2.24, 2.45) is 0 Å². The highest BCUT2D eigenvalue weighted by molar-refractivity contribution is 5.83.